The van der Waals surface area contributed by atoms with Crippen molar-refractivity contribution in [3.05, 3.63) is 71.3 Å². The number of aromatic nitrogens is 3. The first kappa shape index (κ1) is 18.6. The number of nitrogens with zero attached hydrogens (tertiary/aromatic N) is 3. The first-order valence-electron chi connectivity index (χ1n) is 8.37. The summed E-state index contributed by atoms with van der Waals surface area (Å²) in [6, 6.07) is 14.8. The predicted octanol–water partition coefficient (Wildman–Crippen LogP) is 4.67. The number of hydrogen-bond donors (Lipinski definition) is 1. The minimum absolute atomic E-state index is 0.129. The van der Waals surface area contributed by atoms with Crippen molar-refractivity contribution < 1.29 is 13.6 Å². The molecular weight excluding hydrogens is 444 g/mol. The Morgan fingerprint density at radius 2 is 1.96 bits per heavy atom. The summed E-state index contributed by atoms with van der Waals surface area (Å²) in [5, 5.41) is 11.9. The number of thioether (sulfide) groups is 1. The lowest BCUT2D eigenvalue weighted by molar-refractivity contribution is -0.113. The van der Waals surface area contributed by atoms with Gasteiger partial charge in [0.25, 0.3) is 0 Å². The molecule has 1 N–H and O–H groups in total. The van der Waals surface area contributed by atoms with Crippen LogP contribution in [0.5, 0.6) is 0 Å². The van der Waals surface area contributed by atoms with Gasteiger partial charge < -0.3 is 14.2 Å². The van der Waals surface area contributed by atoms with E-state index in [1.807, 2.05) is 47.0 Å². The molecule has 0 aliphatic heterocycles. The zero-order valence-corrected chi connectivity index (χ0v) is 16.9. The van der Waals surface area contributed by atoms with Crippen molar-refractivity contribution in [3.63, 3.8) is 0 Å². The van der Waals surface area contributed by atoms with Crippen LogP contribution >= 0.6 is 27.7 Å². The van der Waals surface area contributed by atoms with Crippen molar-refractivity contribution in [1.82, 2.24) is 14.8 Å². The Hall–Kier alpha value is -2.78. The van der Waals surface area contributed by atoms with E-state index in [9.17, 15) is 4.79 Å². The zero-order chi connectivity index (χ0) is 19.3. The first-order chi connectivity index (χ1) is 13.7. The van der Waals surface area contributed by atoms with Gasteiger partial charge in [-0.25, -0.2) is 0 Å². The van der Waals surface area contributed by atoms with E-state index in [0.29, 0.717) is 23.3 Å². The van der Waals surface area contributed by atoms with Gasteiger partial charge in [-0.3, -0.25) is 9.36 Å². The number of halogens is 1. The summed E-state index contributed by atoms with van der Waals surface area (Å²) in [7, 11) is 0. The SMILES string of the molecule is O=C(CSc1nnc(-c2ccco2)n1Cc1ccco1)Nc1cccc(Br)c1. The quantitative estimate of drug-likeness (QED) is 0.404. The molecule has 9 heteroatoms. The Morgan fingerprint density at radius 1 is 1.11 bits per heavy atom. The van der Waals surface area contributed by atoms with Gasteiger partial charge in [-0.1, -0.05) is 33.8 Å². The van der Waals surface area contributed by atoms with Gasteiger partial charge in [0.05, 0.1) is 24.8 Å². The van der Waals surface area contributed by atoms with E-state index in [-0.39, 0.29) is 11.7 Å². The topological polar surface area (TPSA) is 86.1 Å². The number of hydrogen-bond acceptors (Lipinski definition) is 6. The molecule has 28 heavy (non-hydrogen) atoms. The average molecular weight is 459 g/mol. The number of benzene rings is 1. The van der Waals surface area contributed by atoms with Crippen molar-refractivity contribution >= 4 is 39.3 Å². The summed E-state index contributed by atoms with van der Waals surface area (Å²) >= 11 is 4.69. The molecule has 0 bridgehead atoms. The molecule has 0 fully saturated rings. The van der Waals surface area contributed by atoms with Crippen LogP contribution in [0, 0.1) is 0 Å². The lowest BCUT2D eigenvalue weighted by atomic mass is 10.3. The van der Waals surface area contributed by atoms with Gasteiger partial charge in [0.1, 0.15) is 5.76 Å². The normalized spacial score (nSPS) is 10.9. The first-order valence-corrected chi connectivity index (χ1v) is 10.1. The highest BCUT2D eigenvalue weighted by atomic mass is 79.9. The van der Waals surface area contributed by atoms with Crippen LogP contribution < -0.4 is 5.32 Å². The zero-order valence-electron chi connectivity index (χ0n) is 14.5. The van der Waals surface area contributed by atoms with E-state index in [1.54, 1.807) is 18.6 Å². The molecule has 3 heterocycles. The fourth-order valence-corrected chi connectivity index (χ4v) is 3.71. The number of amides is 1. The standard InChI is InChI=1S/C19H15BrN4O3S/c20-13-4-1-5-14(10-13)21-17(25)12-28-19-23-22-18(16-7-3-9-27-16)24(19)11-15-6-2-8-26-15/h1-10H,11-12H2,(H,21,25). The van der Waals surface area contributed by atoms with Crippen LogP contribution in [0.4, 0.5) is 5.69 Å². The van der Waals surface area contributed by atoms with Gasteiger partial charge >= 0.3 is 0 Å². The van der Waals surface area contributed by atoms with Crippen LogP contribution in [0.15, 0.2) is 79.5 Å². The molecule has 0 saturated carbocycles. The predicted molar refractivity (Wildman–Crippen MR) is 109 cm³/mol. The Kier molecular flexibility index (Phi) is 5.63. The fourth-order valence-electron chi connectivity index (χ4n) is 2.58. The third-order valence-electron chi connectivity index (χ3n) is 3.79. The maximum atomic E-state index is 12.3. The van der Waals surface area contributed by atoms with Crippen molar-refractivity contribution in [3.8, 4) is 11.6 Å². The highest BCUT2D eigenvalue weighted by Gasteiger charge is 2.18. The van der Waals surface area contributed by atoms with Gasteiger partial charge in [-0.2, -0.15) is 0 Å². The highest BCUT2D eigenvalue weighted by Crippen LogP contribution is 2.26. The molecule has 0 aliphatic carbocycles. The fraction of sp³-hybridized carbons (Fsp3) is 0.105. The smallest absolute Gasteiger partial charge is 0.234 e. The maximum Gasteiger partial charge on any atom is 0.234 e. The Labute approximate surface area is 173 Å². The molecule has 0 unspecified atom stereocenters. The summed E-state index contributed by atoms with van der Waals surface area (Å²) in [6.07, 6.45) is 3.20. The molecule has 0 saturated heterocycles. The van der Waals surface area contributed by atoms with Crippen LogP contribution in [0.3, 0.4) is 0 Å². The highest BCUT2D eigenvalue weighted by molar-refractivity contribution is 9.10. The van der Waals surface area contributed by atoms with Crippen molar-refractivity contribution in [1.29, 1.82) is 0 Å². The van der Waals surface area contributed by atoms with Gasteiger partial charge in [-0.05, 0) is 42.5 Å². The summed E-state index contributed by atoms with van der Waals surface area (Å²) in [5.41, 5.74) is 0.730. The third-order valence-corrected chi connectivity index (χ3v) is 5.25. The van der Waals surface area contributed by atoms with Crippen LogP contribution in [-0.2, 0) is 11.3 Å². The van der Waals surface area contributed by atoms with E-state index in [1.165, 1.54) is 11.8 Å². The molecule has 0 aliphatic rings. The van der Waals surface area contributed by atoms with E-state index in [4.69, 9.17) is 8.83 Å². The van der Waals surface area contributed by atoms with E-state index in [2.05, 4.69) is 31.4 Å². The van der Waals surface area contributed by atoms with Gasteiger partial charge in [0.2, 0.25) is 11.7 Å². The second kappa shape index (κ2) is 8.49. The molecular formula is C19H15BrN4O3S. The number of rotatable bonds is 7. The summed E-state index contributed by atoms with van der Waals surface area (Å²) < 4.78 is 13.7. The van der Waals surface area contributed by atoms with Gasteiger partial charge in [0.15, 0.2) is 10.9 Å². The average Bonchev–Trinajstić information content (AvgIpc) is 3.43. The van der Waals surface area contributed by atoms with Crippen LogP contribution in [0.1, 0.15) is 5.76 Å². The second-order valence-electron chi connectivity index (χ2n) is 5.80. The molecule has 1 amide bonds. The number of nitrogens with one attached hydrogen (secondary N) is 1. The molecule has 4 aromatic rings. The van der Waals surface area contributed by atoms with Crippen molar-refractivity contribution in [2.45, 2.75) is 11.7 Å². The summed E-state index contributed by atoms with van der Waals surface area (Å²) in [4.78, 5) is 12.3. The van der Waals surface area contributed by atoms with Crippen LogP contribution in [0.25, 0.3) is 11.6 Å². The Bertz CT molecular complexity index is 1060. The van der Waals surface area contributed by atoms with Crippen molar-refractivity contribution in [2.75, 3.05) is 11.1 Å². The largest absolute Gasteiger partial charge is 0.467 e. The minimum atomic E-state index is -0.129. The number of carbonyl (C=O) groups excluding carboxylic acids is 1. The van der Waals surface area contributed by atoms with Gasteiger partial charge in [-0.15, -0.1) is 10.2 Å². The minimum Gasteiger partial charge on any atom is -0.467 e. The molecule has 0 spiro atoms. The summed E-state index contributed by atoms with van der Waals surface area (Å²) in [6.45, 7) is 0.436. The van der Waals surface area contributed by atoms with Crippen molar-refractivity contribution in [2.24, 2.45) is 0 Å². The molecule has 3 aromatic heterocycles. The second-order valence-corrected chi connectivity index (χ2v) is 7.65. The number of anilines is 1. The van der Waals surface area contributed by atoms with E-state index < -0.39 is 0 Å². The molecule has 0 radical (unpaired) electrons. The number of carbonyl (C=O) groups is 1. The van der Waals surface area contributed by atoms with Crippen LogP contribution in [-0.4, -0.2) is 26.4 Å². The van der Waals surface area contributed by atoms with E-state index in [0.717, 1.165) is 15.9 Å². The molecule has 0 atom stereocenters. The Balaban J connectivity index is 1.50. The maximum absolute atomic E-state index is 12.3. The van der Waals surface area contributed by atoms with E-state index >= 15 is 0 Å². The third kappa shape index (κ3) is 4.37. The molecule has 142 valence electrons. The number of furan rings is 2. The van der Waals surface area contributed by atoms with Gasteiger partial charge in [0, 0.05) is 10.2 Å². The van der Waals surface area contributed by atoms with Crippen LogP contribution in [0.2, 0.25) is 0 Å². The molecule has 4 rings (SSSR count). The lowest BCUT2D eigenvalue weighted by Crippen LogP contribution is -2.14. The summed E-state index contributed by atoms with van der Waals surface area (Å²) in [5.74, 6) is 2.00. The molecule has 1 aromatic carbocycles. The lowest BCUT2D eigenvalue weighted by Gasteiger charge is -2.08. The monoisotopic (exact) mass is 458 g/mol. The Morgan fingerprint density at radius 3 is 2.71 bits per heavy atom. The molecule has 7 nitrogen and oxygen atoms in total.